The first-order valence-electron chi connectivity index (χ1n) is 5.91. The summed E-state index contributed by atoms with van der Waals surface area (Å²) in [5, 5.41) is 9.53. The third-order valence-corrected chi connectivity index (χ3v) is 2.60. The Hall–Kier alpha value is -1.77. The van der Waals surface area contributed by atoms with Crippen LogP contribution in [0.4, 0.5) is 0 Å². The van der Waals surface area contributed by atoms with Gasteiger partial charge in [-0.05, 0) is 37.0 Å². The lowest BCUT2D eigenvalue weighted by Gasteiger charge is -2.04. The van der Waals surface area contributed by atoms with Gasteiger partial charge in [0.15, 0.2) is 5.78 Å². The molecular formula is C14H18O4. The normalized spacial score (nSPS) is 15.2. The van der Waals surface area contributed by atoms with Crippen molar-refractivity contribution >= 4 is 11.9 Å². The quantitative estimate of drug-likeness (QED) is 0.776. The van der Waals surface area contributed by atoms with Crippen LogP contribution >= 0.6 is 0 Å². The zero-order valence-corrected chi connectivity index (χ0v) is 10.9. The van der Waals surface area contributed by atoms with E-state index in [0.717, 1.165) is 29.5 Å². The molecule has 0 bridgehead atoms. The maximum Gasteiger partial charge on any atom is 0.373 e. The molecule has 0 amide bonds. The van der Waals surface area contributed by atoms with E-state index in [1.165, 1.54) is 0 Å². The van der Waals surface area contributed by atoms with Gasteiger partial charge in [0.05, 0.1) is 6.10 Å². The van der Waals surface area contributed by atoms with Gasteiger partial charge in [-0.1, -0.05) is 26.0 Å². The van der Waals surface area contributed by atoms with E-state index in [9.17, 15) is 9.90 Å². The molecular weight excluding hydrogens is 232 g/mol. The molecule has 0 aromatic heterocycles. The highest BCUT2D eigenvalue weighted by molar-refractivity contribution is 5.94. The predicted octanol–water partition coefficient (Wildman–Crippen LogP) is 2.31. The highest BCUT2D eigenvalue weighted by atomic mass is 16.3. The average Bonchev–Trinajstić information content (AvgIpc) is 2.74. The van der Waals surface area contributed by atoms with Crippen LogP contribution in [-0.2, 0) is 16.0 Å². The topological polar surface area (TPSA) is 71.4 Å². The Kier molecular flexibility index (Phi) is 7.52. The zero-order valence-electron chi connectivity index (χ0n) is 10.9. The fourth-order valence-electron chi connectivity index (χ4n) is 1.81. The highest BCUT2D eigenvalue weighted by Gasteiger charge is 2.20. The summed E-state index contributed by atoms with van der Waals surface area (Å²) in [5.74, 6) is 0.0872. The SMILES string of the molecule is CC.CC(=O)c1ccc2c(c1)CCC2O.O=C=O. The first-order chi connectivity index (χ1) is 8.60. The third-order valence-electron chi connectivity index (χ3n) is 2.60. The number of aliphatic hydroxyl groups excluding tert-OH is 1. The van der Waals surface area contributed by atoms with Crippen molar-refractivity contribution in [2.45, 2.75) is 39.7 Å². The molecule has 1 unspecified atom stereocenters. The molecule has 1 aromatic rings. The molecule has 18 heavy (non-hydrogen) atoms. The van der Waals surface area contributed by atoms with Gasteiger partial charge >= 0.3 is 6.15 Å². The smallest absolute Gasteiger partial charge is 0.373 e. The summed E-state index contributed by atoms with van der Waals surface area (Å²) in [4.78, 5) is 27.3. The van der Waals surface area contributed by atoms with E-state index < -0.39 is 0 Å². The Balaban J connectivity index is 0.000000509. The van der Waals surface area contributed by atoms with Crippen molar-refractivity contribution in [1.82, 2.24) is 0 Å². The lowest BCUT2D eigenvalue weighted by molar-refractivity contribution is -0.191. The molecule has 4 heteroatoms. The summed E-state index contributed by atoms with van der Waals surface area (Å²) in [6.45, 7) is 5.56. The molecule has 1 aromatic carbocycles. The van der Waals surface area contributed by atoms with Crippen molar-refractivity contribution in [3.05, 3.63) is 34.9 Å². The Labute approximate surface area is 107 Å². The summed E-state index contributed by atoms with van der Waals surface area (Å²) in [6.07, 6.45) is 1.60. The van der Waals surface area contributed by atoms with Crippen molar-refractivity contribution < 1.29 is 19.5 Å². The van der Waals surface area contributed by atoms with Crippen LogP contribution in [0.1, 0.15) is 54.8 Å². The molecule has 2 rings (SSSR count). The van der Waals surface area contributed by atoms with Gasteiger partial charge in [0, 0.05) is 5.56 Å². The van der Waals surface area contributed by atoms with E-state index in [2.05, 4.69) is 0 Å². The van der Waals surface area contributed by atoms with Crippen LogP contribution in [0.25, 0.3) is 0 Å². The predicted molar refractivity (Wildman–Crippen MR) is 66.1 cm³/mol. The second kappa shape index (κ2) is 8.34. The number of aryl methyl sites for hydroxylation is 1. The molecule has 0 radical (unpaired) electrons. The number of benzene rings is 1. The molecule has 4 nitrogen and oxygen atoms in total. The van der Waals surface area contributed by atoms with E-state index in [1.807, 2.05) is 26.0 Å². The van der Waals surface area contributed by atoms with Crippen LogP contribution in [0.5, 0.6) is 0 Å². The van der Waals surface area contributed by atoms with Gasteiger partial charge < -0.3 is 5.11 Å². The second-order valence-corrected chi connectivity index (χ2v) is 3.61. The van der Waals surface area contributed by atoms with Crippen molar-refractivity contribution in [2.24, 2.45) is 0 Å². The standard InChI is InChI=1S/C11H12O2.C2H6.CO2/c1-7(12)8-2-4-10-9(6-8)3-5-11(10)13;1-2;2-1-3/h2,4,6,11,13H,3,5H2,1H3;1-2H3;. The van der Waals surface area contributed by atoms with Crippen LogP contribution in [-0.4, -0.2) is 17.0 Å². The first-order valence-corrected chi connectivity index (χ1v) is 5.91. The van der Waals surface area contributed by atoms with Crippen LogP contribution in [0.2, 0.25) is 0 Å². The van der Waals surface area contributed by atoms with Crippen molar-refractivity contribution in [1.29, 1.82) is 0 Å². The summed E-state index contributed by atoms with van der Waals surface area (Å²) in [7, 11) is 0. The minimum atomic E-state index is -0.323. The molecule has 1 aliphatic carbocycles. The molecule has 0 saturated carbocycles. The lowest BCUT2D eigenvalue weighted by atomic mass is 10.0. The van der Waals surface area contributed by atoms with Crippen LogP contribution in [0, 0.1) is 0 Å². The number of hydrogen-bond acceptors (Lipinski definition) is 4. The van der Waals surface area contributed by atoms with Gasteiger partial charge in [0.1, 0.15) is 0 Å². The number of carbonyl (C=O) groups excluding carboxylic acids is 3. The molecule has 0 spiro atoms. The Morgan fingerprint density at radius 1 is 1.33 bits per heavy atom. The lowest BCUT2D eigenvalue weighted by Crippen LogP contribution is -1.95. The summed E-state index contributed by atoms with van der Waals surface area (Å²) in [6, 6.07) is 5.55. The number of aliphatic hydroxyl groups is 1. The average molecular weight is 250 g/mol. The number of fused-ring (bicyclic) bond motifs is 1. The summed E-state index contributed by atoms with van der Waals surface area (Å²) >= 11 is 0. The molecule has 1 atom stereocenters. The summed E-state index contributed by atoms with van der Waals surface area (Å²) in [5.41, 5.74) is 2.86. The van der Waals surface area contributed by atoms with E-state index in [0.29, 0.717) is 0 Å². The fourth-order valence-corrected chi connectivity index (χ4v) is 1.81. The minimum absolute atomic E-state index is 0.0872. The Morgan fingerprint density at radius 3 is 2.39 bits per heavy atom. The van der Waals surface area contributed by atoms with E-state index in [1.54, 1.807) is 13.0 Å². The molecule has 0 heterocycles. The largest absolute Gasteiger partial charge is 0.388 e. The number of rotatable bonds is 1. The van der Waals surface area contributed by atoms with Crippen LogP contribution in [0.3, 0.4) is 0 Å². The minimum Gasteiger partial charge on any atom is -0.388 e. The molecule has 0 saturated heterocycles. The molecule has 0 fully saturated rings. The van der Waals surface area contributed by atoms with Gasteiger partial charge in [-0.25, -0.2) is 0 Å². The van der Waals surface area contributed by atoms with Gasteiger partial charge in [-0.2, -0.15) is 9.59 Å². The van der Waals surface area contributed by atoms with Gasteiger partial charge in [0.25, 0.3) is 0 Å². The second-order valence-electron chi connectivity index (χ2n) is 3.61. The Morgan fingerprint density at radius 2 is 1.89 bits per heavy atom. The number of hydrogen-bond donors (Lipinski definition) is 1. The van der Waals surface area contributed by atoms with Crippen molar-refractivity contribution in [2.75, 3.05) is 0 Å². The van der Waals surface area contributed by atoms with E-state index in [-0.39, 0.29) is 18.0 Å². The zero-order chi connectivity index (χ0) is 14.1. The third kappa shape index (κ3) is 4.24. The van der Waals surface area contributed by atoms with Gasteiger partial charge in [0.2, 0.25) is 0 Å². The fraction of sp³-hybridized carbons (Fsp3) is 0.429. The van der Waals surface area contributed by atoms with Crippen LogP contribution in [0.15, 0.2) is 18.2 Å². The molecule has 1 aliphatic rings. The maximum absolute atomic E-state index is 11.1. The number of ketones is 1. The molecule has 0 aliphatic heterocycles. The number of Topliss-reactive ketones (excluding diaryl/α,β-unsaturated/α-hetero) is 1. The van der Waals surface area contributed by atoms with Crippen LogP contribution < -0.4 is 0 Å². The number of carbonyl (C=O) groups is 1. The Bertz CT molecular complexity index is 431. The van der Waals surface area contributed by atoms with E-state index in [4.69, 9.17) is 9.59 Å². The highest BCUT2D eigenvalue weighted by Crippen LogP contribution is 2.31. The first kappa shape index (κ1) is 16.2. The maximum atomic E-state index is 11.1. The van der Waals surface area contributed by atoms with E-state index >= 15 is 0 Å². The van der Waals surface area contributed by atoms with Crippen molar-refractivity contribution in [3.63, 3.8) is 0 Å². The molecule has 98 valence electrons. The van der Waals surface area contributed by atoms with Crippen molar-refractivity contribution in [3.8, 4) is 0 Å². The molecule has 1 N–H and O–H groups in total. The monoisotopic (exact) mass is 250 g/mol. The van der Waals surface area contributed by atoms with Gasteiger partial charge in [-0.3, -0.25) is 4.79 Å². The summed E-state index contributed by atoms with van der Waals surface area (Å²) < 4.78 is 0. The van der Waals surface area contributed by atoms with Gasteiger partial charge in [-0.15, -0.1) is 0 Å².